The molecule has 1 N–H and O–H groups in total. The van der Waals surface area contributed by atoms with Crippen LogP contribution in [0, 0.1) is 25.2 Å². The third kappa shape index (κ3) is 3.48. The van der Waals surface area contributed by atoms with E-state index in [2.05, 4.69) is 26.3 Å². The minimum atomic E-state index is -0.0966. The number of aromatic nitrogens is 3. The van der Waals surface area contributed by atoms with E-state index in [9.17, 15) is 10.1 Å². The van der Waals surface area contributed by atoms with Gasteiger partial charge in [-0.2, -0.15) is 5.26 Å². The van der Waals surface area contributed by atoms with Crippen molar-refractivity contribution in [1.29, 1.82) is 5.26 Å². The summed E-state index contributed by atoms with van der Waals surface area (Å²) in [5.41, 5.74) is 3.07. The molecule has 1 aliphatic rings. The molecule has 7 heteroatoms. The topological polar surface area (TPSA) is 86.8 Å². The number of imidazole rings is 1. The maximum atomic E-state index is 12.3. The second kappa shape index (κ2) is 6.93. The van der Waals surface area contributed by atoms with E-state index >= 15 is 0 Å². The van der Waals surface area contributed by atoms with Gasteiger partial charge in [-0.1, -0.05) is 0 Å². The Morgan fingerprint density at radius 3 is 2.68 bits per heavy atom. The molecule has 1 amide bonds. The Bertz CT molecular complexity index is 827. The lowest BCUT2D eigenvalue weighted by Crippen LogP contribution is -2.45. The van der Waals surface area contributed by atoms with E-state index in [1.54, 1.807) is 24.1 Å². The van der Waals surface area contributed by atoms with Gasteiger partial charge in [-0.15, -0.1) is 0 Å². The van der Waals surface area contributed by atoms with Gasteiger partial charge in [0.1, 0.15) is 17.6 Å². The van der Waals surface area contributed by atoms with Gasteiger partial charge in [0.15, 0.2) is 0 Å². The van der Waals surface area contributed by atoms with E-state index in [0.717, 1.165) is 43.0 Å². The van der Waals surface area contributed by atoms with Gasteiger partial charge in [-0.3, -0.25) is 4.79 Å². The predicted octanol–water partition coefficient (Wildman–Crippen LogP) is 1.70. The molecule has 1 aliphatic heterocycles. The van der Waals surface area contributed by atoms with Gasteiger partial charge < -0.3 is 14.8 Å². The van der Waals surface area contributed by atoms with Crippen LogP contribution in [-0.2, 0) is 7.05 Å². The molecule has 0 aromatic carbocycles. The molecule has 0 aliphatic carbocycles. The molecule has 2 aromatic rings. The zero-order valence-electron chi connectivity index (χ0n) is 14.8. The summed E-state index contributed by atoms with van der Waals surface area (Å²) in [5, 5.41) is 12.5. The fourth-order valence-corrected chi connectivity index (χ4v) is 3.26. The van der Waals surface area contributed by atoms with Crippen molar-refractivity contribution in [3.05, 3.63) is 41.1 Å². The maximum absolute atomic E-state index is 12.3. The van der Waals surface area contributed by atoms with Gasteiger partial charge in [-0.05, 0) is 38.3 Å². The molecule has 130 valence electrons. The van der Waals surface area contributed by atoms with E-state index in [1.807, 2.05) is 19.9 Å². The number of carbonyl (C=O) groups is 1. The third-order valence-electron chi connectivity index (χ3n) is 4.62. The van der Waals surface area contributed by atoms with E-state index < -0.39 is 0 Å². The number of rotatable bonds is 3. The highest BCUT2D eigenvalue weighted by atomic mass is 16.2. The third-order valence-corrected chi connectivity index (χ3v) is 4.62. The standard InChI is InChI=1S/C18H22N6O/c1-12-8-13(2)21-17(15(12)9-19)24-6-4-14(5-7-24)22-18(25)16-10-20-11-23(16)3/h8,10-11,14H,4-7H2,1-3H3,(H,22,25). The molecular weight excluding hydrogens is 316 g/mol. The number of amides is 1. The molecule has 25 heavy (non-hydrogen) atoms. The van der Waals surface area contributed by atoms with Crippen LogP contribution in [0.1, 0.15) is 40.2 Å². The molecule has 7 nitrogen and oxygen atoms in total. The largest absolute Gasteiger partial charge is 0.355 e. The first-order chi connectivity index (χ1) is 12.0. The van der Waals surface area contributed by atoms with Crippen molar-refractivity contribution in [2.75, 3.05) is 18.0 Å². The van der Waals surface area contributed by atoms with Crippen LogP contribution < -0.4 is 10.2 Å². The van der Waals surface area contributed by atoms with Gasteiger partial charge in [0, 0.05) is 31.9 Å². The summed E-state index contributed by atoms with van der Waals surface area (Å²) >= 11 is 0. The van der Waals surface area contributed by atoms with Crippen molar-refractivity contribution in [3.8, 4) is 6.07 Å². The molecule has 1 fully saturated rings. The summed E-state index contributed by atoms with van der Waals surface area (Å²) in [7, 11) is 1.81. The molecule has 0 unspecified atom stereocenters. The molecule has 1 saturated heterocycles. The number of carbonyl (C=O) groups excluding carboxylic acids is 1. The summed E-state index contributed by atoms with van der Waals surface area (Å²) in [6.45, 7) is 5.41. The number of nitrogens with one attached hydrogen (secondary N) is 1. The van der Waals surface area contributed by atoms with E-state index in [1.165, 1.54) is 0 Å². The molecule has 0 spiro atoms. The number of nitrogens with zero attached hydrogens (tertiary/aromatic N) is 5. The Morgan fingerprint density at radius 2 is 2.08 bits per heavy atom. The first-order valence-corrected chi connectivity index (χ1v) is 8.40. The fourth-order valence-electron chi connectivity index (χ4n) is 3.26. The minimum absolute atomic E-state index is 0.0966. The highest BCUT2D eigenvalue weighted by molar-refractivity contribution is 5.92. The highest BCUT2D eigenvalue weighted by Gasteiger charge is 2.25. The molecule has 0 atom stereocenters. The van der Waals surface area contributed by atoms with Crippen LogP contribution in [0.25, 0.3) is 0 Å². The van der Waals surface area contributed by atoms with Crippen molar-refractivity contribution >= 4 is 11.7 Å². The van der Waals surface area contributed by atoms with Crippen LogP contribution in [0.15, 0.2) is 18.6 Å². The Kier molecular flexibility index (Phi) is 4.70. The molecule has 3 heterocycles. The Labute approximate surface area is 147 Å². The number of hydrogen-bond donors (Lipinski definition) is 1. The van der Waals surface area contributed by atoms with E-state index in [4.69, 9.17) is 0 Å². The average molecular weight is 338 g/mol. The molecule has 0 saturated carbocycles. The van der Waals surface area contributed by atoms with Gasteiger partial charge in [0.05, 0.1) is 18.1 Å². The SMILES string of the molecule is Cc1cc(C)c(C#N)c(N2CCC(NC(=O)c3cncn3C)CC2)n1. The van der Waals surface area contributed by atoms with Crippen LogP contribution in [0.4, 0.5) is 5.82 Å². The summed E-state index contributed by atoms with van der Waals surface area (Å²) < 4.78 is 1.71. The molecular formula is C18H22N6O. The number of nitriles is 1. The van der Waals surface area contributed by atoms with Gasteiger partial charge in [0.2, 0.25) is 0 Å². The number of anilines is 1. The number of hydrogen-bond acceptors (Lipinski definition) is 5. The van der Waals surface area contributed by atoms with Gasteiger partial charge in [-0.25, -0.2) is 9.97 Å². The van der Waals surface area contributed by atoms with Crippen molar-refractivity contribution in [3.63, 3.8) is 0 Å². The first-order valence-electron chi connectivity index (χ1n) is 8.40. The predicted molar refractivity (Wildman–Crippen MR) is 94.3 cm³/mol. The van der Waals surface area contributed by atoms with Crippen LogP contribution in [0.5, 0.6) is 0 Å². The second-order valence-corrected chi connectivity index (χ2v) is 6.52. The van der Waals surface area contributed by atoms with Crippen molar-refractivity contribution in [2.24, 2.45) is 7.05 Å². The minimum Gasteiger partial charge on any atom is -0.355 e. The summed E-state index contributed by atoms with van der Waals surface area (Å²) in [5.74, 6) is 0.664. The summed E-state index contributed by atoms with van der Waals surface area (Å²) in [6, 6.07) is 4.33. The molecule has 2 aromatic heterocycles. The quantitative estimate of drug-likeness (QED) is 0.920. The second-order valence-electron chi connectivity index (χ2n) is 6.52. The maximum Gasteiger partial charge on any atom is 0.269 e. The number of pyridine rings is 1. The van der Waals surface area contributed by atoms with E-state index in [-0.39, 0.29) is 11.9 Å². The van der Waals surface area contributed by atoms with Gasteiger partial charge >= 0.3 is 0 Å². The normalized spacial score (nSPS) is 15.0. The fraction of sp³-hybridized carbons (Fsp3) is 0.444. The Hall–Kier alpha value is -2.88. The zero-order valence-corrected chi connectivity index (χ0v) is 14.8. The Morgan fingerprint density at radius 1 is 1.36 bits per heavy atom. The smallest absolute Gasteiger partial charge is 0.269 e. The van der Waals surface area contributed by atoms with Crippen molar-refractivity contribution in [1.82, 2.24) is 19.9 Å². The lowest BCUT2D eigenvalue weighted by Gasteiger charge is -2.34. The van der Waals surface area contributed by atoms with Crippen LogP contribution >= 0.6 is 0 Å². The molecule has 3 rings (SSSR count). The lowest BCUT2D eigenvalue weighted by atomic mass is 10.0. The monoisotopic (exact) mass is 338 g/mol. The zero-order chi connectivity index (χ0) is 18.0. The first kappa shape index (κ1) is 17.0. The number of piperidine rings is 1. The van der Waals surface area contributed by atoms with E-state index in [0.29, 0.717) is 11.3 Å². The van der Waals surface area contributed by atoms with Gasteiger partial charge in [0.25, 0.3) is 5.91 Å². The van der Waals surface area contributed by atoms with Crippen molar-refractivity contribution < 1.29 is 4.79 Å². The molecule has 0 bridgehead atoms. The van der Waals surface area contributed by atoms with Crippen LogP contribution in [0.3, 0.4) is 0 Å². The summed E-state index contributed by atoms with van der Waals surface area (Å²) in [4.78, 5) is 23.0. The van der Waals surface area contributed by atoms with Crippen LogP contribution in [-0.4, -0.2) is 39.6 Å². The van der Waals surface area contributed by atoms with Crippen LogP contribution in [0.2, 0.25) is 0 Å². The summed E-state index contributed by atoms with van der Waals surface area (Å²) in [6.07, 6.45) is 4.84. The highest BCUT2D eigenvalue weighted by Crippen LogP contribution is 2.25. The van der Waals surface area contributed by atoms with Crippen molar-refractivity contribution in [2.45, 2.75) is 32.7 Å². The molecule has 0 radical (unpaired) electrons. The average Bonchev–Trinajstić information content (AvgIpc) is 3.01. The number of aryl methyl sites for hydroxylation is 3. The Balaban J connectivity index is 1.66. The lowest BCUT2D eigenvalue weighted by molar-refractivity contribution is 0.0923.